The predicted octanol–water partition coefficient (Wildman–Crippen LogP) is 5.89. The molecule has 2 atom stereocenters. The van der Waals surface area contributed by atoms with Crippen molar-refractivity contribution < 1.29 is 13.6 Å². The van der Waals surface area contributed by atoms with Gasteiger partial charge < -0.3 is 13.6 Å². The van der Waals surface area contributed by atoms with E-state index in [0.717, 1.165) is 21.3 Å². The lowest BCUT2D eigenvalue weighted by atomic mass is 10.2. The molecule has 0 spiro atoms. The van der Waals surface area contributed by atoms with Crippen LogP contribution in [0, 0.1) is 0 Å². The molecule has 3 nitrogen and oxygen atoms in total. The molecule has 0 fully saturated rings. The van der Waals surface area contributed by atoms with Crippen molar-refractivity contribution in [2.75, 3.05) is 0 Å². The number of hydrogen-bond donors (Lipinski definition) is 0. The fourth-order valence-corrected chi connectivity index (χ4v) is 3.98. The van der Waals surface area contributed by atoms with Gasteiger partial charge in [0.2, 0.25) is 0 Å². The van der Waals surface area contributed by atoms with E-state index in [9.17, 15) is 0 Å². The quantitative estimate of drug-likeness (QED) is 0.438. The van der Waals surface area contributed by atoms with Crippen LogP contribution in [0.2, 0.25) is 0 Å². The third kappa shape index (κ3) is 3.03. The van der Waals surface area contributed by atoms with E-state index in [1.165, 1.54) is 0 Å². The van der Waals surface area contributed by atoms with Gasteiger partial charge in [-0.05, 0) is 47.2 Å². The second-order valence-electron chi connectivity index (χ2n) is 4.96. The first-order valence-electron chi connectivity index (χ1n) is 7.21. The topological polar surface area (TPSA) is 35.5 Å². The second-order valence-corrected chi connectivity index (χ2v) is 6.92. The van der Waals surface area contributed by atoms with Crippen LogP contribution in [0.4, 0.5) is 0 Å². The highest BCUT2D eigenvalue weighted by Gasteiger charge is 2.27. The van der Waals surface area contributed by atoms with Crippen LogP contribution in [-0.2, 0) is 4.74 Å². The van der Waals surface area contributed by atoms with E-state index in [4.69, 9.17) is 13.6 Å². The SMILES string of the molecule is c1coc(C(OC(c2ccco2)c2cccs2)c2cccs2)c1. The first kappa shape index (κ1) is 14.5. The summed E-state index contributed by atoms with van der Waals surface area (Å²) in [5.74, 6) is 1.58. The van der Waals surface area contributed by atoms with Crippen molar-refractivity contribution in [2.45, 2.75) is 12.2 Å². The van der Waals surface area contributed by atoms with E-state index in [2.05, 4.69) is 12.1 Å². The van der Waals surface area contributed by atoms with E-state index < -0.39 is 0 Å². The van der Waals surface area contributed by atoms with Gasteiger partial charge in [-0.25, -0.2) is 0 Å². The van der Waals surface area contributed by atoms with Crippen LogP contribution in [0.3, 0.4) is 0 Å². The van der Waals surface area contributed by atoms with Crippen molar-refractivity contribution in [1.29, 1.82) is 0 Å². The zero-order valence-corrected chi connectivity index (χ0v) is 13.8. The van der Waals surface area contributed by atoms with Crippen molar-refractivity contribution in [2.24, 2.45) is 0 Å². The molecular formula is C18H14O3S2. The first-order chi connectivity index (χ1) is 11.4. The molecule has 0 amide bonds. The van der Waals surface area contributed by atoms with Gasteiger partial charge in [-0.2, -0.15) is 0 Å². The molecule has 5 heteroatoms. The fourth-order valence-electron chi connectivity index (χ4n) is 2.45. The van der Waals surface area contributed by atoms with Crippen LogP contribution in [0.15, 0.2) is 80.7 Å². The Morgan fingerprint density at radius 1 is 0.696 bits per heavy atom. The van der Waals surface area contributed by atoms with Gasteiger partial charge in [0, 0.05) is 9.75 Å². The molecule has 0 N–H and O–H groups in total. The summed E-state index contributed by atoms with van der Waals surface area (Å²) in [6, 6.07) is 15.8. The maximum absolute atomic E-state index is 6.46. The summed E-state index contributed by atoms with van der Waals surface area (Å²) in [4.78, 5) is 2.21. The van der Waals surface area contributed by atoms with Gasteiger partial charge in [0.05, 0.1) is 12.5 Å². The van der Waals surface area contributed by atoms with Crippen LogP contribution in [-0.4, -0.2) is 0 Å². The van der Waals surface area contributed by atoms with Gasteiger partial charge in [0.15, 0.2) is 12.2 Å². The highest BCUT2D eigenvalue weighted by atomic mass is 32.1. The Balaban J connectivity index is 1.71. The van der Waals surface area contributed by atoms with Gasteiger partial charge >= 0.3 is 0 Å². The van der Waals surface area contributed by atoms with E-state index in [1.54, 1.807) is 35.2 Å². The normalized spacial score (nSPS) is 13.9. The number of furan rings is 2. The lowest BCUT2D eigenvalue weighted by Crippen LogP contribution is -2.10. The van der Waals surface area contributed by atoms with Crippen LogP contribution < -0.4 is 0 Å². The second kappa shape index (κ2) is 6.58. The average molecular weight is 342 g/mol. The number of rotatable bonds is 6. The smallest absolute Gasteiger partial charge is 0.151 e. The fraction of sp³-hybridized carbons (Fsp3) is 0.111. The van der Waals surface area contributed by atoms with Crippen molar-refractivity contribution in [3.05, 3.63) is 93.1 Å². The van der Waals surface area contributed by atoms with Crippen LogP contribution in [0.1, 0.15) is 33.5 Å². The Hall–Kier alpha value is -2.08. The zero-order valence-electron chi connectivity index (χ0n) is 12.1. The minimum Gasteiger partial charge on any atom is -0.466 e. The summed E-state index contributed by atoms with van der Waals surface area (Å²) in [7, 11) is 0. The standard InChI is InChI=1S/C18H14O3S2/c1-5-13(19-9-1)17(15-7-3-11-22-15)21-18(14-6-2-10-20-14)16-8-4-12-23-16/h1-12,17-18H. The molecule has 4 heterocycles. The molecule has 0 aromatic carbocycles. The third-order valence-corrected chi connectivity index (χ3v) is 5.31. The molecule has 4 aromatic rings. The molecule has 4 rings (SSSR count). The maximum Gasteiger partial charge on any atom is 0.151 e. The lowest BCUT2D eigenvalue weighted by Gasteiger charge is -2.21. The Morgan fingerprint density at radius 2 is 1.22 bits per heavy atom. The minimum absolute atomic E-state index is 0.262. The molecule has 0 aliphatic heterocycles. The van der Waals surface area contributed by atoms with E-state index in [-0.39, 0.29) is 12.2 Å². The molecule has 0 radical (unpaired) electrons. The third-order valence-electron chi connectivity index (χ3n) is 3.48. The Labute approximate surface area is 141 Å². The highest BCUT2D eigenvalue weighted by molar-refractivity contribution is 7.10. The largest absolute Gasteiger partial charge is 0.466 e. The lowest BCUT2D eigenvalue weighted by molar-refractivity contribution is 0.0118. The molecule has 116 valence electrons. The molecule has 0 bridgehead atoms. The van der Waals surface area contributed by atoms with E-state index >= 15 is 0 Å². The predicted molar refractivity (Wildman–Crippen MR) is 90.8 cm³/mol. The highest BCUT2D eigenvalue weighted by Crippen LogP contribution is 2.39. The monoisotopic (exact) mass is 342 g/mol. The molecule has 0 aliphatic carbocycles. The summed E-state index contributed by atoms with van der Waals surface area (Å²) in [6.45, 7) is 0. The molecular weight excluding hydrogens is 328 g/mol. The van der Waals surface area contributed by atoms with Crippen molar-refractivity contribution in [3.8, 4) is 0 Å². The van der Waals surface area contributed by atoms with Crippen LogP contribution >= 0.6 is 22.7 Å². The molecule has 4 aromatic heterocycles. The summed E-state index contributed by atoms with van der Waals surface area (Å²) in [5.41, 5.74) is 0. The zero-order chi connectivity index (χ0) is 15.5. The summed E-state index contributed by atoms with van der Waals surface area (Å²) < 4.78 is 17.7. The molecule has 0 aliphatic rings. The molecule has 23 heavy (non-hydrogen) atoms. The van der Waals surface area contributed by atoms with Crippen molar-refractivity contribution in [3.63, 3.8) is 0 Å². The van der Waals surface area contributed by atoms with Gasteiger partial charge in [-0.3, -0.25) is 0 Å². The van der Waals surface area contributed by atoms with Gasteiger partial charge in [-0.1, -0.05) is 12.1 Å². The Morgan fingerprint density at radius 3 is 1.57 bits per heavy atom. The number of ether oxygens (including phenoxy) is 1. The summed E-state index contributed by atoms with van der Waals surface area (Å²) in [5, 5.41) is 4.09. The van der Waals surface area contributed by atoms with E-state index in [1.807, 2.05) is 47.2 Å². The first-order valence-corrected chi connectivity index (χ1v) is 8.97. The minimum atomic E-state index is -0.262. The van der Waals surface area contributed by atoms with Crippen LogP contribution in [0.5, 0.6) is 0 Å². The maximum atomic E-state index is 6.46. The molecule has 0 saturated heterocycles. The summed E-state index contributed by atoms with van der Waals surface area (Å²) in [6.07, 6.45) is 2.82. The average Bonchev–Trinajstić information content (AvgIpc) is 3.35. The van der Waals surface area contributed by atoms with E-state index in [0.29, 0.717) is 0 Å². The molecule has 0 saturated carbocycles. The summed E-state index contributed by atoms with van der Waals surface area (Å²) >= 11 is 3.31. The number of hydrogen-bond acceptors (Lipinski definition) is 5. The van der Waals surface area contributed by atoms with Crippen molar-refractivity contribution in [1.82, 2.24) is 0 Å². The van der Waals surface area contributed by atoms with Crippen LogP contribution in [0.25, 0.3) is 0 Å². The van der Waals surface area contributed by atoms with Gasteiger partial charge in [-0.15, -0.1) is 22.7 Å². The molecule has 2 unspecified atom stereocenters. The van der Waals surface area contributed by atoms with Gasteiger partial charge in [0.25, 0.3) is 0 Å². The Kier molecular flexibility index (Phi) is 4.15. The van der Waals surface area contributed by atoms with Gasteiger partial charge in [0.1, 0.15) is 11.5 Å². The van der Waals surface area contributed by atoms with Crippen molar-refractivity contribution >= 4 is 22.7 Å². The Bertz CT molecular complexity index is 661. The number of thiophene rings is 2.